The number of carbonyl (C=O) groups excluding carboxylic acids is 1. The summed E-state index contributed by atoms with van der Waals surface area (Å²) in [5.41, 5.74) is 4.13. The Labute approximate surface area is 154 Å². The molecule has 0 aliphatic rings. The van der Waals surface area contributed by atoms with Gasteiger partial charge in [0.05, 0.1) is 11.7 Å². The zero-order valence-corrected chi connectivity index (χ0v) is 14.9. The number of hydrogen-bond donors (Lipinski definition) is 3. The minimum atomic E-state index is -0.318. The Kier molecular flexibility index (Phi) is 4.25. The largest absolute Gasteiger partial charge is 0.338 e. The summed E-state index contributed by atoms with van der Waals surface area (Å²) < 4.78 is 1.74. The lowest BCUT2D eigenvalue weighted by Crippen LogP contribution is -2.28. The van der Waals surface area contributed by atoms with Crippen LogP contribution in [0.25, 0.3) is 33.5 Å². The number of nitrogens with one attached hydrogen (secondary N) is 3. The summed E-state index contributed by atoms with van der Waals surface area (Å²) in [4.78, 5) is 28.2. The fraction of sp³-hybridized carbons (Fsp3) is 0.167. The minimum Gasteiger partial charge on any atom is -0.338 e. The van der Waals surface area contributed by atoms with Crippen LogP contribution in [0.15, 0.2) is 43.0 Å². The van der Waals surface area contributed by atoms with Crippen LogP contribution in [-0.4, -0.2) is 42.3 Å². The van der Waals surface area contributed by atoms with Gasteiger partial charge in [-0.3, -0.25) is 10.00 Å². The predicted molar refractivity (Wildman–Crippen MR) is 102 cm³/mol. The Morgan fingerprint density at radius 1 is 1.22 bits per heavy atom. The van der Waals surface area contributed by atoms with Gasteiger partial charge < -0.3 is 10.3 Å². The molecule has 9 nitrogen and oxygen atoms in total. The number of anilines is 1. The maximum absolute atomic E-state index is 11.8. The van der Waals surface area contributed by atoms with Crippen LogP contribution in [0.2, 0.25) is 0 Å². The summed E-state index contributed by atoms with van der Waals surface area (Å²) in [5.74, 6) is 0.917. The average Bonchev–Trinajstić information content (AvgIpc) is 3.27. The van der Waals surface area contributed by atoms with Crippen molar-refractivity contribution in [2.45, 2.75) is 6.92 Å². The second-order valence-electron chi connectivity index (χ2n) is 5.96. The number of nitrogens with zero attached hydrogens (tertiary/aromatic N) is 5. The molecule has 1 aromatic carbocycles. The van der Waals surface area contributed by atoms with Crippen molar-refractivity contribution >= 4 is 23.0 Å². The molecule has 0 unspecified atom stereocenters. The maximum atomic E-state index is 11.8. The molecular formula is C18H18N8O. The molecule has 4 aromatic rings. The molecule has 3 aromatic heterocycles. The third-order valence-electron chi connectivity index (χ3n) is 4.00. The van der Waals surface area contributed by atoms with Crippen LogP contribution in [0.1, 0.15) is 6.92 Å². The monoisotopic (exact) mass is 362 g/mol. The van der Waals surface area contributed by atoms with Gasteiger partial charge >= 0.3 is 6.03 Å². The van der Waals surface area contributed by atoms with E-state index in [1.54, 1.807) is 29.3 Å². The Morgan fingerprint density at radius 3 is 2.74 bits per heavy atom. The Balaban J connectivity index is 1.86. The van der Waals surface area contributed by atoms with E-state index in [1.807, 2.05) is 32.3 Å². The highest BCUT2D eigenvalue weighted by Gasteiger charge is 2.15. The number of aryl methyl sites for hydroxylation is 1. The van der Waals surface area contributed by atoms with Crippen LogP contribution in [0.4, 0.5) is 10.7 Å². The molecule has 3 heterocycles. The fourth-order valence-electron chi connectivity index (χ4n) is 2.83. The number of carbonyl (C=O) groups is 1. The first-order valence-corrected chi connectivity index (χ1v) is 8.49. The summed E-state index contributed by atoms with van der Waals surface area (Å²) in [6.07, 6.45) is 7.10. The lowest BCUT2D eigenvalue weighted by molar-refractivity contribution is 0.252. The van der Waals surface area contributed by atoms with Gasteiger partial charge in [0.15, 0.2) is 5.82 Å². The van der Waals surface area contributed by atoms with Crippen molar-refractivity contribution in [2.75, 3.05) is 11.9 Å². The van der Waals surface area contributed by atoms with E-state index in [4.69, 9.17) is 0 Å². The normalized spacial score (nSPS) is 10.9. The molecule has 0 bridgehead atoms. The Morgan fingerprint density at radius 2 is 2.04 bits per heavy atom. The van der Waals surface area contributed by atoms with Gasteiger partial charge in [-0.15, -0.1) is 0 Å². The van der Waals surface area contributed by atoms with E-state index in [2.05, 4.69) is 35.7 Å². The van der Waals surface area contributed by atoms with Crippen molar-refractivity contribution in [2.24, 2.45) is 7.05 Å². The second-order valence-corrected chi connectivity index (χ2v) is 5.96. The van der Waals surface area contributed by atoms with Crippen molar-refractivity contribution in [3.05, 3.63) is 43.0 Å². The number of urea groups is 1. The molecule has 0 spiro atoms. The van der Waals surface area contributed by atoms with E-state index in [9.17, 15) is 4.79 Å². The molecule has 9 heteroatoms. The SMILES string of the molecule is CCNC(=O)Nc1nc2c(-c3ncccn3)cc(-c3cnn(C)c3)cc2[nH]1. The van der Waals surface area contributed by atoms with Gasteiger partial charge in [0.25, 0.3) is 0 Å². The van der Waals surface area contributed by atoms with E-state index in [0.29, 0.717) is 23.8 Å². The third kappa shape index (κ3) is 3.34. The van der Waals surface area contributed by atoms with Crippen LogP contribution >= 0.6 is 0 Å². The lowest BCUT2D eigenvalue weighted by atomic mass is 10.0. The average molecular weight is 362 g/mol. The third-order valence-corrected chi connectivity index (χ3v) is 4.00. The quantitative estimate of drug-likeness (QED) is 0.516. The highest BCUT2D eigenvalue weighted by Crippen LogP contribution is 2.32. The number of H-pyrrole nitrogens is 1. The molecule has 27 heavy (non-hydrogen) atoms. The number of hydrogen-bond acceptors (Lipinski definition) is 5. The summed E-state index contributed by atoms with van der Waals surface area (Å²) in [5, 5.41) is 9.61. The molecule has 0 aliphatic carbocycles. The molecule has 0 radical (unpaired) electrons. The molecule has 0 aliphatic heterocycles. The van der Waals surface area contributed by atoms with Gasteiger partial charge in [-0.05, 0) is 30.7 Å². The van der Waals surface area contributed by atoms with Crippen molar-refractivity contribution in [1.29, 1.82) is 0 Å². The van der Waals surface area contributed by atoms with Gasteiger partial charge in [-0.25, -0.2) is 19.7 Å². The number of fused-ring (bicyclic) bond motifs is 1. The summed E-state index contributed by atoms with van der Waals surface area (Å²) >= 11 is 0. The highest BCUT2D eigenvalue weighted by molar-refractivity contribution is 5.97. The van der Waals surface area contributed by atoms with Crippen molar-refractivity contribution in [3.63, 3.8) is 0 Å². The summed E-state index contributed by atoms with van der Waals surface area (Å²) in [6, 6.07) is 5.39. The smallest absolute Gasteiger partial charge is 0.321 e. The van der Waals surface area contributed by atoms with Gasteiger partial charge in [-0.2, -0.15) is 5.10 Å². The van der Waals surface area contributed by atoms with Crippen LogP contribution in [0, 0.1) is 0 Å². The first-order valence-electron chi connectivity index (χ1n) is 8.49. The standard InChI is InChI=1S/C18H18N8O/c1-3-19-18(27)25-17-23-14-8-11(12-9-22-26(2)10-12)7-13(15(14)24-17)16-20-5-4-6-21-16/h4-10H,3H2,1-2H3,(H3,19,23,24,25,27). The zero-order chi connectivity index (χ0) is 18.8. The molecule has 2 amide bonds. The molecule has 0 fully saturated rings. The van der Waals surface area contributed by atoms with Gasteiger partial charge in [-0.1, -0.05) is 0 Å². The molecule has 0 saturated carbocycles. The molecule has 136 valence electrons. The van der Waals surface area contributed by atoms with E-state index in [-0.39, 0.29) is 6.03 Å². The molecule has 4 rings (SSSR count). The first kappa shape index (κ1) is 16.7. The van der Waals surface area contributed by atoms with Crippen LogP contribution < -0.4 is 10.6 Å². The molecule has 0 saturated heterocycles. The minimum absolute atomic E-state index is 0.318. The number of benzene rings is 1. The van der Waals surface area contributed by atoms with Crippen LogP contribution in [0.3, 0.4) is 0 Å². The van der Waals surface area contributed by atoms with Gasteiger partial charge in [0.1, 0.15) is 5.52 Å². The molecule has 0 atom stereocenters. The topological polar surface area (TPSA) is 113 Å². The number of aromatic amines is 1. The van der Waals surface area contributed by atoms with E-state index in [1.165, 1.54) is 0 Å². The van der Waals surface area contributed by atoms with Gasteiger partial charge in [0, 0.05) is 43.3 Å². The van der Waals surface area contributed by atoms with Crippen LogP contribution in [0.5, 0.6) is 0 Å². The maximum Gasteiger partial charge on any atom is 0.321 e. The van der Waals surface area contributed by atoms with Crippen molar-refractivity contribution in [3.8, 4) is 22.5 Å². The lowest BCUT2D eigenvalue weighted by Gasteiger charge is -2.04. The summed E-state index contributed by atoms with van der Waals surface area (Å²) in [7, 11) is 1.87. The molecule has 3 N–H and O–H groups in total. The second kappa shape index (κ2) is 6.87. The van der Waals surface area contributed by atoms with Crippen molar-refractivity contribution in [1.82, 2.24) is 35.0 Å². The Bertz CT molecular complexity index is 1100. The highest BCUT2D eigenvalue weighted by atomic mass is 16.2. The number of aromatic nitrogens is 6. The zero-order valence-electron chi connectivity index (χ0n) is 14.9. The van der Waals surface area contributed by atoms with E-state index in [0.717, 1.165) is 22.2 Å². The Hall–Kier alpha value is -3.75. The van der Waals surface area contributed by atoms with Gasteiger partial charge in [0.2, 0.25) is 5.95 Å². The number of amides is 2. The van der Waals surface area contributed by atoms with E-state index >= 15 is 0 Å². The number of imidazole rings is 1. The van der Waals surface area contributed by atoms with E-state index < -0.39 is 0 Å². The number of rotatable bonds is 4. The predicted octanol–water partition coefficient (Wildman–Crippen LogP) is 2.56. The summed E-state index contributed by atoms with van der Waals surface area (Å²) in [6.45, 7) is 2.38. The van der Waals surface area contributed by atoms with Crippen molar-refractivity contribution < 1.29 is 4.79 Å². The fourth-order valence-corrected chi connectivity index (χ4v) is 2.83. The first-order chi connectivity index (χ1) is 13.1. The molecular weight excluding hydrogens is 344 g/mol. The van der Waals surface area contributed by atoms with Crippen LogP contribution in [-0.2, 0) is 7.05 Å².